The van der Waals surface area contributed by atoms with E-state index in [1.807, 2.05) is 0 Å². The van der Waals surface area contributed by atoms with E-state index in [1.165, 1.54) is 12.1 Å². The highest BCUT2D eigenvalue weighted by atomic mass is 16.6. The predicted molar refractivity (Wildman–Crippen MR) is 323 cm³/mol. The number of ether oxygens (including phenoxy) is 6. The molecule has 0 saturated carbocycles. The van der Waals surface area contributed by atoms with E-state index in [2.05, 4.69) is 41.5 Å². The summed E-state index contributed by atoms with van der Waals surface area (Å²) in [6.07, 6.45) is 35.1. The zero-order chi connectivity index (χ0) is 58.0. The van der Waals surface area contributed by atoms with Gasteiger partial charge in [-0.1, -0.05) is 234 Å². The van der Waals surface area contributed by atoms with Crippen molar-refractivity contribution in [1.82, 2.24) is 0 Å². The number of hydrogen-bond acceptors (Lipinski definition) is 12. The van der Waals surface area contributed by atoms with Crippen LogP contribution in [0.25, 0.3) is 21.5 Å². The summed E-state index contributed by atoms with van der Waals surface area (Å²) in [6, 6.07) is 6.17. The molecule has 3 aromatic carbocycles. The molecule has 0 aromatic heterocycles. The molecule has 12 heteroatoms. The van der Waals surface area contributed by atoms with Crippen molar-refractivity contribution in [3.05, 3.63) is 24.3 Å². The van der Waals surface area contributed by atoms with Gasteiger partial charge in [0.25, 0.3) is 0 Å². The van der Waals surface area contributed by atoms with Crippen LogP contribution in [0.3, 0.4) is 0 Å². The predicted octanol–water partition coefficient (Wildman–Crippen LogP) is 19.9. The number of carbonyl (C=O) groups is 6. The number of unbranched alkanes of at least 4 members (excludes halogenated alkanes) is 30. The third-order valence-electron chi connectivity index (χ3n) is 14.9. The Hall–Kier alpha value is -5.00. The van der Waals surface area contributed by atoms with Gasteiger partial charge >= 0.3 is 35.8 Å². The fourth-order valence-corrected chi connectivity index (χ4v) is 10.0. The van der Waals surface area contributed by atoms with Crippen LogP contribution >= 0.6 is 0 Å². The first kappa shape index (κ1) is 69.3. The van der Waals surface area contributed by atoms with Gasteiger partial charge in [-0.3, -0.25) is 28.8 Å². The molecule has 0 spiro atoms. The van der Waals surface area contributed by atoms with Crippen molar-refractivity contribution >= 4 is 57.4 Å². The van der Waals surface area contributed by atoms with Crippen molar-refractivity contribution in [2.24, 2.45) is 0 Å². The molecule has 0 aliphatic carbocycles. The summed E-state index contributed by atoms with van der Waals surface area (Å²) in [4.78, 5) is 83.5. The molecule has 3 aromatic rings. The maximum absolute atomic E-state index is 14.2. The molecule has 0 saturated heterocycles. The summed E-state index contributed by atoms with van der Waals surface area (Å²) >= 11 is 0. The second kappa shape index (κ2) is 43.7. The summed E-state index contributed by atoms with van der Waals surface area (Å²) in [7, 11) is 0. The largest absolute Gasteiger partial charge is 0.422 e. The van der Waals surface area contributed by atoms with Crippen molar-refractivity contribution in [3.63, 3.8) is 0 Å². The van der Waals surface area contributed by atoms with Gasteiger partial charge in [0, 0.05) is 49.3 Å². The lowest BCUT2D eigenvalue weighted by Crippen LogP contribution is -2.15. The summed E-state index contributed by atoms with van der Waals surface area (Å²) < 4.78 is 37.3. The Morgan fingerprint density at radius 1 is 0.225 bits per heavy atom. The van der Waals surface area contributed by atoms with Crippen molar-refractivity contribution in [2.75, 3.05) is 0 Å². The Morgan fingerprint density at radius 2 is 0.388 bits per heavy atom. The zero-order valence-electron chi connectivity index (χ0n) is 50.9. The van der Waals surface area contributed by atoms with Crippen LogP contribution in [0.4, 0.5) is 0 Å². The standard InChI is InChI=1S/C68H106O12/c1-7-13-19-25-31-37-43-61(69)75-57-49-53-54-50-58(76-62(70)44-38-32-26-20-14-8-2)60(78-64(72)46-40-34-28-22-16-10-4)52-56(54)68(80-66(74)48-42-36-30-24-18-12-6)67(79-65(73)47-41-35-29-23-17-11-5)55(53)51-59(57)77-63(71)45-39-33-27-21-15-9-3/h49-52H,7-48H2,1-6H3. The molecule has 12 nitrogen and oxygen atoms in total. The molecule has 0 N–H and O–H groups in total. The van der Waals surface area contributed by atoms with E-state index in [9.17, 15) is 28.8 Å². The molecule has 80 heavy (non-hydrogen) atoms. The SMILES string of the molecule is CCCCCCCCC(=O)Oc1cc2c(OC(=O)CCCCCCCC)c(OC(=O)CCCCCCCC)c3cc(OC(=O)CCCCCCCC)c(OC(=O)CCCCCCCC)cc3c2cc1OC(=O)CCCCCCCC. The average Bonchev–Trinajstić information content (AvgIpc) is 3.64. The van der Waals surface area contributed by atoms with Crippen LogP contribution in [-0.4, -0.2) is 35.8 Å². The number of hydrogen-bond donors (Lipinski definition) is 0. The van der Waals surface area contributed by atoms with E-state index in [1.54, 1.807) is 12.1 Å². The fraction of sp³-hybridized carbons (Fsp3) is 0.706. The first-order valence-corrected chi connectivity index (χ1v) is 32.3. The second-order valence-corrected chi connectivity index (χ2v) is 22.3. The van der Waals surface area contributed by atoms with E-state index in [0.717, 1.165) is 193 Å². The topological polar surface area (TPSA) is 158 Å². The Kier molecular flexibility index (Phi) is 37.8. The molecule has 0 fully saturated rings. The van der Waals surface area contributed by atoms with Crippen LogP contribution < -0.4 is 28.4 Å². The lowest BCUT2D eigenvalue weighted by Gasteiger charge is -2.20. The molecule has 0 radical (unpaired) electrons. The van der Waals surface area contributed by atoms with Crippen LogP contribution in [0.15, 0.2) is 24.3 Å². The number of carbonyl (C=O) groups excluding carboxylic acids is 6. The molecule has 3 rings (SSSR count). The van der Waals surface area contributed by atoms with Crippen LogP contribution in [0.5, 0.6) is 34.5 Å². The lowest BCUT2D eigenvalue weighted by atomic mass is 9.98. The van der Waals surface area contributed by atoms with Gasteiger partial charge in [0.2, 0.25) is 0 Å². The summed E-state index contributed by atoms with van der Waals surface area (Å²) in [5.74, 6) is -3.56. The molecule has 0 aliphatic heterocycles. The Bertz CT molecular complexity index is 2110. The van der Waals surface area contributed by atoms with Crippen LogP contribution in [-0.2, 0) is 28.8 Å². The van der Waals surface area contributed by atoms with Gasteiger partial charge in [-0.05, 0) is 73.6 Å². The molecule has 0 unspecified atom stereocenters. The van der Waals surface area contributed by atoms with Gasteiger partial charge in [0.05, 0.1) is 0 Å². The van der Waals surface area contributed by atoms with Gasteiger partial charge in [0.1, 0.15) is 0 Å². The van der Waals surface area contributed by atoms with E-state index >= 15 is 0 Å². The molecule has 0 heterocycles. The van der Waals surface area contributed by atoms with Gasteiger partial charge in [-0.15, -0.1) is 0 Å². The first-order chi connectivity index (χ1) is 39.0. The Morgan fingerprint density at radius 3 is 0.588 bits per heavy atom. The van der Waals surface area contributed by atoms with E-state index in [0.29, 0.717) is 49.3 Å². The zero-order valence-corrected chi connectivity index (χ0v) is 50.9. The van der Waals surface area contributed by atoms with Gasteiger partial charge in [-0.25, -0.2) is 0 Å². The second-order valence-electron chi connectivity index (χ2n) is 22.3. The Balaban J connectivity index is 2.38. The van der Waals surface area contributed by atoms with Crippen molar-refractivity contribution in [3.8, 4) is 34.5 Å². The molecule has 0 bridgehead atoms. The molecule has 0 amide bonds. The highest BCUT2D eigenvalue weighted by Gasteiger charge is 2.28. The highest BCUT2D eigenvalue weighted by Crippen LogP contribution is 2.50. The summed E-state index contributed by atoms with van der Waals surface area (Å²) in [5, 5.41) is 1.17. The van der Waals surface area contributed by atoms with E-state index in [4.69, 9.17) is 28.4 Å². The number of fused-ring (bicyclic) bond motifs is 3. The monoisotopic (exact) mass is 1110 g/mol. The van der Waals surface area contributed by atoms with Gasteiger partial charge in [-0.2, -0.15) is 0 Å². The van der Waals surface area contributed by atoms with Crippen LogP contribution in [0, 0.1) is 0 Å². The lowest BCUT2D eigenvalue weighted by molar-refractivity contribution is -0.137. The number of esters is 6. The molecule has 0 atom stereocenters. The minimum absolute atomic E-state index is 0.0284. The first-order valence-electron chi connectivity index (χ1n) is 32.3. The van der Waals surface area contributed by atoms with Gasteiger partial charge < -0.3 is 28.4 Å². The number of rotatable bonds is 48. The minimum atomic E-state index is -0.559. The minimum Gasteiger partial charge on any atom is -0.422 e. The number of benzene rings is 3. The maximum Gasteiger partial charge on any atom is 0.311 e. The van der Waals surface area contributed by atoms with E-state index in [-0.39, 0.29) is 83.8 Å². The van der Waals surface area contributed by atoms with Crippen molar-refractivity contribution in [1.29, 1.82) is 0 Å². The summed E-state index contributed by atoms with van der Waals surface area (Å²) in [5.41, 5.74) is 0. The fourth-order valence-electron chi connectivity index (χ4n) is 10.0. The average molecular weight is 1120 g/mol. The third-order valence-corrected chi connectivity index (χ3v) is 14.9. The molecular weight excluding hydrogens is 1010 g/mol. The molecule has 450 valence electrons. The Labute approximate surface area is 482 Å². The van der Waals surface area contributed by atoms with Crippen molar-refractivity contribution in [2.45, 2.75) is 311 Å². The maximum atomic E-state index is 14.2. The smallest absolute Gasteiger partial charge is 0.311 e. The van der Waals surface area contributed by atoms with Crippen molar-refractivity contribution < 1.29 is 57.2 Å². The molecule has 0 aliphatic rings. The van der Waals surface area contributed by atoms with E-state index < -0.39 is 35.8 Å². The third kappa shape index (κ3) is 28.6. The van der Waals surface area contributed by atoms with Crippen LogP contribution in [0.2, 0.25) is 0 Å². The highest BCUT2D eigenvalue weighted by molar-refractivity contribution is 6.17. The van der Waals surface area contributed by atoms with Gasteiger partial charge in [0.15, 0.2) is 34.5 Å². The normalized spacial score (nSPS) is 11.3. The molecular formula is C68H106O12. The quantitative estimate of drug-likeness (QED) is 0.0228. The van der Waals surface area contributed by atoms with Crippen LogP contribution in [0.1, 0.15) is 311 Å². The summed E-state index contributed by atoms with van der Waals surface area (Å²) in [6.45, 7) is 12.9.